The van der Waals surface area contributed by atoms with Crippen molar-refractivity contribution in [3.8, 4) is 11.5 Å². The fraction of sp³-hybridized carbons (Fsp3) is 0.478. The Kier molecular flexibility index (Phi) is 8.62. The Labute approximate surface area is 169 Å². The van der Waals surface area contributed by atoms with Crippen molar-refractivity contribution in [1.82, 2.24) is 15.5 Å². The highest BCUT2D eigenvalue weighted by molar-refractivity contribution is 5.34. The normalized spacial score (nSPS) is 18.3. The van der Waals surface area contributed by atoms with Crippen LogP contribution in [0.25, 0.3) is 0 Å². The lowest BCUT2D eigenvalue weighted by Gasteiger charge is -2.17. The van der Waals surface area contributed by atoms with Gasteiger partial charge in [-0.25, -0.2) is 0 Å². The molecule has 3 rings (SSSR count). The Morgan fingerprint density at radius 3 is 1.68 bits per heavy atom. The first kappa shape index (κ1) is 20.6. The summed E-state index contributed by atoms with van der Waals surface area (Å²) in [7, 11) is 2.20. The molecule has 5 nitrogen and oxygen atoms in total. The fourth-order valence-corrected chi connectivity index (χ4v) is 3.39. The molecule has 0 saturated carbocycles. The minimum absolute atomic E-state index is 0.531. The summed E-state index contributed by atoms with van der Waals surface area (Å²) >= 11 is 0. The molecule has 0 atom stereocenters. The van der Waals surface area contributed by atoms with Crippen molar-refractivity contribution in [1.29, 1.82) is 0 Å². The maximum Gasteiger partial charge on any atom is 0.123 e. The van der Waals surface area contributed by atoms with Gasteiger partial charge in [-0.05, 0) is 58.2 Å². The van der Waals surface area contributed by atoms with Crippen LogP contribution in [0.1, 0.15) is 24.0 Å². The van der Waals surface area contributed by atoms with Crippen LogP contribution < -0.4 is 20.1 Å². The molecule has 5 heteroatoms. The molecule has 152 valence electrons. The van der Waals surface area contributed by atoms with Crippen molar-refractivity contribution in [3.63, 3.8) is 0 Å². The van der Waals surface area contributed by atoms with E-state index in [0.717, 1.165) is 63.6 Å². The summed E-state index contributed by atoms with van der Waals surface area (Å²) in [4.78, 5) is 2.41. The Morgan fingerprint density at radius 1 is 0.714 bits per heavy atom. The zero-order valence-corrected chi connectivity index (χ0v) is 17.0. The van der Waals surface area contributed by atoms with E-state index in [1.165, 1.54) is 11.1 Å². The highest BCUT2D eigenvalue weighted by Gasteiger charge is 2.06. The molecule has 28 heavy (non-hydrogen) atoms. The molecule has 0 fully saturated rings. The molecule has 2 aromatic carbocycles. The van der Waals surface area contributed by atoms with Crippen LogP contribution in [-0.4, -0.2) is 51.3 Å². The van der Waals surface area contributed by atoms with Crippen LogP contribution in [0.15, 0.2) is 48.5 Å². The van der Waals surface area contributed by atoms with Gasteiger partial charge < -0.3 is 25.0 Å². The van der Waals surface area contributed by atoms with Gasteiger partial charge in [0.1, 0.15) is 24.7 Å². The van der Waals surface area contributed by atoms with Crippen LogP contribution in [0.2, 0.25) is 0 Å². The standard InChI is InChI=1S/C23H33N3O2/c1-26-14-6-12-24-18-20-8-2-4-10-22(20)27-16-17-28-23-11-5-3-9-21(23)19-25-13-7-15-26/h2-5,8-11,24-25H,6-7,12-19H2,1H3. The second-order valence-corrected chi connectivity index (χ2v) is 7.28. The van der Waals surface area contributed by atoms with E-state index in [9.17, 15) is 0 Å². The van der Waals surface area contributed by atoms with Gasteiger partial charge >= 0.3 is 0 Å². The van der Waals surface area contributed by atoms with Crippen molar-refractivity contribution in [2.45, 2.75) is 25.9 Å². The molecule has 1 heterocycles. The van der Waals surface area contributed by atoms with E-state index in [4.69, 9.17) is 9.47 Å². The summed E-state index contributed by atoms with van der Waals surface area (Å²) < 4.78 is 12.0. The zero-order chi connectivity index (χ0) is 19.4. The van der Waals surface area contributed by atoms with Gasteiger partial charge in [0.2, 0.25) is 0 Å². The topological polar surface area (TPSA) is 45.8 Å². The fourth-order valence-electron chi connectivity index (χ4n) is 3.39. The summed E-state index contributed by atoms with van der Waals surface area (Å²) in [5.41, 5.74) is 2.39. The minimum Gasteiger partial charge on any atom is -0.490 e. The molecule has 0 aromatic heterocycles. The van der Waals surface area contributed by atoms with Crippen molar-refractivity contribution in [3.05, 3.63) is 59.7 Å². The van der Waals surface area contributed by atoms with E-state index in [0.29, 0.717) is 13.2 Å². The van der Waals surface area contributed by atoms with E-state index < -0.39 is 0 Å². The van der Waals surface area contributed by atoms with Crippen molar-refractivity contribution < 1.29 is 9.47 Å². The summed E-state index contributed by atoms with van der Waals surface area (Å²) in [5.74, 6) is 1.87. The van der Waals surface area contributed by atoms with Gasteiger partial charge in [-0.2, -0.15) is 0 Å². The molecule has 2 N–H and O–H groups in total. The average molecular weight is 384 g/mol. The number of benzene rings is 2. The van der Waals surface area contributed by atoms with Crippen LogP contribution in [0.5, 0.6) is 11.5 Å². The van der Waals surface area contributed by atoms with Crippen LogP contribution in [0.4, 0.5) is 0 Å². The second-order valence-electron chi connectivity index (χ2n) is 7.28. The van der Waals surface area contributed by atoms with Crippen LogP contribution >= 0.6 is 0 Å². The maximum absolute atomic E-state index is 6.00. The number of rotatable bonds is 0. The lowest BCUT2D eigenvalue weighted by molar-refractivity contribution is 0.214. The van der Waals surface area contributed by atoms with E-state index in [1.807, 2.05) is 24.3 Å². The Balaban J connectivity index is 1.62. The first-order valence-electron chi connectivity index (χ1n) is 10.3. The molecule has 0 aliphatic carbocycles. The lowest BCUT2D eigenvalue weighted by atomic mass is 10.2. The van der Waals surface area contributed by atoms with Crippen LogP contribution in [0, 0.1) is 0 Å². The van der Waals surface area contributed by atoms with E-state index in [-0.39, 0.29) is 0 Å². The molecule has 0 amide bonds. The largest absolute Gasteiger partial charge is 0.490 e. The molecule has 0 unspecified atom stereocenters. The third kappa shape index (κ3) is 6.82. The van der Waals surface area contributed by atoms with Gasteiger partial charge in [0.25, 0.3) is 0 Å². The Hall–Kier alpha value is -2.08. The molecule has 0 saturated heterocycles. The van der Waals surface area contributed by atoms with Gasteiger partial charge in [0.05, 0.1) is 0 Å². The van der Waals surface area contributed by atoms with Gasteiger partial charge in [0.15, 0.2) is 0 Å². The molecule has 2 aromatic rings. The van der Waals surface area contributed by atoms with Gasteiger partial charge in [-0.3, -0.25) is 0 Å². The Morgan fingerprint density at radius 2 is 1.18 bits per heavy atom. The van der Waals surface area contributed by atoms with Crippen molar-refractivity contribution in [2.24, 2.45) is 0 Å². The summed E-state index contributed by atoms with van der Waals surface area (Å²) in [6.45, 7) is 6.96. The van der Waals surface area contributed by atoms with Crippen LogP contribution in [0.3, 0.4) is 0 Å². The predicted octanol–water partition coefficient (Wildman–Crippen LogP) is 3.05. The van der Waals surface area contributed by atoms with E-state index in [2.05, 4.69) is 46.8 Å². The first-order valence-corrected chi connectivity index (χ1v) is 10.3. The number of nitrogens with zero attached hydrogens (tertiary/aromatic N) is 1. The van der Waals surface area contributed by atoms with Crippen LogP contribution in [-0.2, 0) is 13.1 Å². The molecule has 1 aliphatic heterocycles. The SMILES string of the molecule is CN1CCCNCc2ccccc2OCCOc2ccccc2CNCCC1. The number of nitrogens with one attached hydrogen (secondary N) is 2. The third-order valence-corrected chi connectivity index (χ3v) is 4.96. The predicted molar refractivity (Wildman–Crippen MR) is 114 cm³/mol. The third-order valence-electron chi connectivity index (χ3n) is 4.96. The first-order chi connectivity index (χ1) is 13.8. The van der Waals surface area contributed by atoms with Gasteiger partial charge in [-0.1, -0.05) is 36.4 Å². The summed E-state index contributed by atoms with van der Waals surface area (Å²) in [6.07, 6.45) is 2.29. The van der Waals surface area contributed by atoms with Crippen molar-refractivity contribution in [2.75, 3.05) is 46.4 Å². The highest BCUT2D eigenvalue weighted by Crippen LogP contribution is 2.19. The molecular weight excluding hydrogens is 350 g/mol. The zero-order valence-electron chi connectivity index (χ0n) is 17.0. The number of fused-ring (bicyclic) bond motifs is 2. The maximum atomic E-state index is 6.00. The summed E-state index contributed by atoms with van der Waals surface area (Å²) in [5, 5.41) is 7.08. The van der Waals surface area contributed by atoms with Gasteiger partial charge in [0, 0.05) is 24.2 Å². The van der Waals surface area contributed by atoms with E-state index in [1.54, 1.807) is 0 Å². The molecule has 1 aliphatic rings. The average Bonchev–Trinajstić information content (AvgIpc) is 2.72. The second kappa shape index (κ2) is 11.7. The molecule has 0 radical (unpaired) electrons. The van der Waals surface area contributed by atoms with Crippen molar-refractivity contribution >= 4 is 0 Å². The number of para-hydroxylation sites is 2. The van der Waals surface area contributed by atoms with Gasteiger partial charge in [-0.15, -0.1) is 0 Å². The highest BCUT2D eigenvalue weighted by atomic mass is 16.5. The lowest BCUT2D eigenvalue weighted by Crippen LogP contribution is -2.27. The minimum atomic E-state index is 0.531. The number of ether oxygens (including phenoxy) is 2. The molecule has 0 bridgehead atoms. The Bertz CT molecular complexity index is 648. The van der Waals surface area contributed by atoms with E-state index >= 15 is 0 Å². The quantitative estimate of drug-likeness (QED) is 0.732. The smallest absolute Gasteiger partial charge is 0.123 e. The molecular formula is C23H33N3O2. The number of hydrogen-bond donors (Lipinski definition) is 2. The number of hydrogen-bond acceptors (Lipinski definition) is 5. The monoisotopic (exact) mass is 383 g/mol. The summed E-state index contributed by atoms with van der Waals surface area (Å²) in [6, 6.07) is 16.5. The molecule has 0 spiro atoms.